The van der Waals surface area contributed by atoms with Gasteiger partial charge in [0.25, 0.3) is 0 Å². The van der Waals surface area contributed by atoms with Crippen molar-refractivity contribution in [1.29, 1.82) is 0 Å². The number of hydrogen-bond acceptors (Lipinski definition) is 4. The summed E-state index contributed by atoms with van der Waals surface area (Å²) in [6.45, 7) is 2.63. The number of unbranched alkanes of at least 4 members (excludes halogenated alkanes) is 1. The van der Waals surface area contributed by atoms with Gasteiger partial charge in [-0.15, -0.1) is 0 Å². The second-order valence-corrected chi connectivity index (χ2v) is 8.98. The topological polar surface area (TPSA) is 76.0 Å². The van der Waals surface area contributed by atoms with Gasteiger partial charge in [0.2, 0.25) is 0 Å². The van der Waals surface area contributed by atoms with Crippen molar-refractivity contribution in [3.05, 3.63) is 54.6 Å². The van der Waals surface area contributed by atoms with Crippen LogP contribution in [-0.4, -0.2) is 35.0 Å². The minimum absolute atomic E-state index is 0.141. The van der Waals surface area contributed by atoms with Crippen LogP contribution in [0.5, 0.6) is 5.75 Å². The number of ether oxygens (including phenoxy) is 1. The van der Waals surface area contributed by atoms with Crippen molar-refractivity contribution in [1.82, 2.24) is 0 Å². The van der Waals surface area contributed by atoms with E-state index < -0.39 is 5.97 Å². The Bertz CT molecular complexity index is 679. The Balaban J connectivity index is 1.90. The molecule has 1 aromatic rings. The average molecular weight is 452 g/mol. The fourth-order valence-electron chi connectivity index (χ4n) is 3.94. The van der Waals surface area contributed by atoms with Gasteiger partial charge in [-0.25, -0.2) is 0 Å². The Morgan fingerprint density at radius 1 is 1.33 bits per heavy atom. The molecule has 30 heavy (non-hydrogen) atoms. The van der Waals surface area contributed by atoms with Crippen LogP contribution in [0.2, 0.25) is 0 Å². The molecule has 2 N–H and O–H groups in total. The van der Waals surface area contributed by atoms with Crippen LogP contribution in [0.1, 0.15) is 39.0 Å². The first-order valence-electron chi connectivity index (χ1n) is 10.5. The number of carboxylic acids is 1. The standard InChI is InChI=1S/C23H34O5P2/c1-17-15-22(24)21(11-7-2-3-8-12-23(25)26)20(17)14-13-19(28-30-29)16-27-18-9-5-4-6-10-18/h2,4-7,9-10,13-14,17,19-22,24,30H,3,8,11-12,15-16,29H2,1H3,(H,25,26)/b7-2?,14-13+/t17-,19-,20+,21-,22+/m1/s1. The summed E-state index contributed by atoms with van der Waals surface area (Å²) in [5.74, 6) is 0.908. The zero-order valence-electron chi connectivity index (χ0n) is 17.5. The fraction of sp³-hybridized carbons (Fsp3) is 0.522. The predicted molar refractivity (Wildman–Crippen MR) is 126 cm³/mol. The van der Waals surface area contributed by atoms with Crippen LogP contribution in [-0.2, 0) is 9.32 Å². The molecule has 0 bridgehead atoms. The predicted octanol–water partition coefficient (Wildman–Crippen LogP) is 5.22. The van der Waals surface area contributed by atoms with Crippen LogP contribution in [0, 0.1) is 17.8 Å². The minimum Gasteiger partial charge on any atom is -0.491 e. The molecule has 166 valence electrons. The lowest BCUT2D eigenvalue weighted by molar-refractivity contribution is -0.137. The van der Waals surface area contributed by atoms with E-state index in [4.69, 9.17) is 14.4 Å². The highest BCUT2D eigenvalue weighted by Gasteiger charge is 2.37. The van der Waals surface area contributed by atoms with Crippen molar-refractivity contribution in [2.45, 2.75) is 51.2 Å². The van der Waals surface area contributed by atoms with Gasteiger partial charge in [-0.05, 0) is 55.6 Å². The number of allylic oxidation sites excluding steroid dienone is 3. The molecule has 0 radical (unpaired) electrons. The summed E-state index contributed by atoms with van der Waals surface area (Å²) in [6.07, 6.45) is 11.1. The number of hydrogen-bond donors (Lipinski definition) is 2. The maximum Gasteiger partial charge on any atom is 0.303 e. The van der Waals surface area contributed by atoms with Gasteiger partial charge in [-0.3, -0.25) is 4.79 Å². The van der Waals surface area contributed by atoms with E-state index in [1.165, 1.54) is 0 Å². The van der Waals surface area contributed by atoms with Gasteiger partial charge < -0.3 is 19.5 Å². The van der Waals surface area contributed by atoms with E-state index >= 15 is 0 Å². The van der Waals surface area contributed by atoms with Crippen molar-refractivity contribution >= 4 is 23.4 Å². The van der Waals surface area contributed by atoms with E-state index in [-0.39, 0.29) is 39.0 Å². The van der Waals surface area contributed by atoms with E-state index in [9.17, 15) is 9.90 Å². The molecule has 0 heterocycles. The average Bonchev–Trinajstić information content (AvgIpc) is 2.99. The van der Waals surface area contributed by atoms with Gasteiger partial charge in [0.1, 0.15) is 18.5 Å². The highest BCUT2D eigenvalue weighted by molar-refractivity contribution is 8.00. The molecule has 1 saturated carbocycles. The van der Waals surface area contributed by atoms with E-state index in [0.29, 0.717) is 18.9 Å². The molecule has 0 saturated heterocycles. The van der Waals surface area contributed by atoms with Crippen molar-refractivity contribution in [2.24, 2.45) is 17.8 Å². The molecule has 1 aromatic carbocycles. The number of carboxylic acid groups (broad SMARTS) is 1. The molecule has 7 atom stereocenters. The molecule has 2 rings (SSSR count). The number of rotatable bonds is 13. The Labute approximate surface area is 183 Å². The first kappa shape index (κ1) is 25.0. The zero-order chi connectivity index (χ0) is 21.8. The van der Waals surface area contributed by atoms with Crippen molar-refractivity contribution in [2.75, 3.05) is 6.61 Å². The van der Waals surface area contributed by atoms with E-state index in [1.54, 1.807) is 0 Å². The summed E-state index contributed by atoms with van der Waals surface area (Å²) < 4.78 is 11.7. The van der Waals surface area contributed by atoms with Gasteiger partial charge in [0.05, 0.1) is 6.10 Å². The molecule has 1 fully saturated rings. The Morgan fingerprint density at radius 3 is 2.80 bits per heavy atom. The molecular weight excluding hydrogens is 418 g/mol. The van der Waals surface area contributed by atoms with Crippen LogP contribution in [0.3, 0.4) is 0 Å². The third-order valence-corrected chi connectivity index (χ3v) is 6.37. The minimum atomic E-state index is -0.757. The third-order valence-electron chi connectivity index (χ3n) is 5.52. The first-order valence-corrected chi connectivity index (χ1v) is 13.2. The molecule has 1 aliphatic rings. The first-order chi connectivity index (χ1) is 14.5. The molecule has 1 aliphatic carbocycles. The molecule has 2 unspecified atom stereocenters. The molecular formula is C23H34O5P2. The van der Waals surface area contributed by atoms with Gasteiger partial charge in [0.15, 0.2) is 0 Å². The van der Waals surface area contributed by atoms with Crippen molar-refractivity contribution < 1.29 is 24.3 Å². The van der Waals surface area contributed by atoms with Crippen molar-refractivity contribution in [3.63, 3.8) is 0 Å². The Kier molecular flexibility index (Phi) is 11.6. The number of benzene rings is 1. The lowest BCUT2D eigenvalue weighted by Gasteiger charge is -2.21. The highest BCUT2D eigenvalue weighted by Crippen LogP contribution is 2.40. The van der Waals surface area contributed by atoms with Gasteiger partial charge in [-0.2, -0.15) is 0 Å². The SMILES string of the molecule is C[C@@H]1C[C@H](O)[C@H](CC=CCCCC(=O)O)[C@H]1/C=C/[C@H](COc1ccccc1)OPP. The van der Waals surface area contributed by atoms with Crippen molar-refractivity contribution in [3.8, 4) is 5.75 Å². The Morgan fingerprint density at radius 2 is 2.10 bits per heavy atom. The van der Waals surface area contributed by atoms with Gasteiger partial charge in [0, 0.05) is 14.9 Å². The molecule has 5 nitrogen and oxygen atoms in total. The third kappa shape index (κ3) is 8.86. The van der Waals surface area contributed by atoms with Crippen LogP contribution in [0.25, 0.3) is 0 Å². The fourth-order valence-corrected chi connectivity index (χ4v) is 4.79. The summed E-state index contributed by atoms with van der Waals surface area (Å²) in [7, 11) is 2.89. The Hall–Kier alpha value is -1.25. The lowest BCUT2D eigenvalue weighted by Crippen LogP contribution is -2.20. The summed E-state index contributed by atoms with van der Waals surface area (Å²) in [5, 5.41) is 19.2. The molecule has 0 spiro atoms. The van der Waals surface area contributed by atoms with Crippen LogP contribution in [0.15, 0.2) is 54.6 Å². The van der Waals surface area contributed by atoms with Crippen LogP contribution < -0.4 is 4.74 Å². The second-order valence-electron chi connectivity index (χ2n) is 7.80. The van der Waals surface area contributed by atoms with Gasteiger partial charge in [-0.1, -0.05) is 58.4 Å². The highest BCUT2D eigenvalue weighted by atomic mass is 32.0. The molecule has 7 heteroatoms. The van der Waals surface area contributed by atoms with E-state index in [1.807, 2.05) is 36.4 Å². The largest absolute Gasteiger partial charge is 0.491 e. The van der Waals surface area contributed by atoms with E-state index in [2.05, 4.69) is 34.1 Å². The second kappa shape index (κ2) is 13.9. The number of aliphatic hydroxyl groups excluding tert-OH is 1. The van der Waals surface area contributed by atoms with Gasteiger partial charge >= 0.3 is 5.97 Å². The maximum atomic E-state index is 10.6. The number of aliphatic carboxylic acids is 1. The summed E-state index contributed by atoms with van der Waals surface area (Å²) >= 11 is 0. The maximum absolute atomic E-state index is 10.6. The quantitative estimate of drug-likeness (QED) is 0.244. The zero-order valence-corrected chi connectivity index (χ0v) is 19.7. The lowest BCUT2D eigenvalue weighted by atomic mass is 9.87. The monoisotopic (exact) mass is 452 g/mol. The summed E-state index contributed by atoms with van der Waals surface area (Å²) in [5.41, 5.74) is 0. The molecule has 0 aromatic heterocycles. The molecule has 0 amide bonds. The smallest absolute Gasteiger partial charge is 0.303 e. The number of para-hydroxylation sites is 1. The molecule has 0 aliphatic heterocycles. The summed E-state index contributed by atoms with van der Waals surface area (Å²) in [4.78, 5) is 10.6. The van der Waals surface area contributed by atoms with Crippen LogP contribution in [0.4, 0.5) is 0 Å². The normalized spacial score (nSPS) is 25.6. The number of aliphatic hydroxyl groups is 1. The summed E-state index contributed by atoms with van der Waals surface area (Å²) in [6, 6.07) is 9.70. The number of carbonyl (C=O) groups is 1. The van der Waals surface area contributed by atoms with Crippen LogP contribution >= 0.6 is 17.4 Å². The van der Waals surface area contributed by atoms with E-state index in [0.717, 1.165) is 25.0 Å².